The summed E-state index contributed by atoms with van der Waals surface area (Å²) >= 11 is 8.28. The summed E-state index contributed by atoms with van der Waals surface area (Å²) < 4.78 is 11.2. The Morgan fingerprint density at radius 3 is 1.78 bits per heavy atom. The molecule has 3 rings (SSSR count). The Bertz CT molecular complexity index is 839. The van der Waals surface area contributed by atoms with Crippen LogP contribution in [0.5, 0.6) is 11.5 Å². The van der Waals surface area contributed by atoms with E-state index in [2.05, 4.69) is 37.5 Å². The first-order valence-corrected chi connectivity index (χ1v) is 9.73. The minimum absolute atomic E-state index is 0.405. The van der Waals surface area contributed by atoms with Gasteiger partial charge in [0.2, 0.25) is 0 Å². The zero-order valence-corrected chi connectivity index (χ0v) is 17.9. The fourth-order valence-electron chi connectivity index (χ4n) is 2.62. The summed E-state index contributed by atoms with van der Waals surface area (Å²) in [5.74, 6) is 2.39. The Balaban J connectivity index is 1.87. The number of aromatic nitrogens is 2. The molecule has 0 aliphatic carbocycles. The molecule has 0 radical (unpaired) electrons. The van der Waals surface area contributed by atoms with Gasteiger partial charge in [-0.1, -0.05) is 35.9 Å². The molecule has 0 aliphatic heterocycles. The number of hydrogen-bond acceptors (Lipinski definition) is 5. The van der Waals surface area contributed by atoms with Crippen molar-refractivity contribution in [1.29, 1.82) is 0 Å². The second kappa shape index (κ2) is 9.23. The highest BCUT2D eigenvalue weighted by Crippen LogP contribution is 2.23. The molecular formula is C20H19ClIN3O2. The highest BCUT2D eigenvalue weighted by Gasteiger charge is 2.13. The van der Waals surface area contributed by atoms with Crippen LogP contribution in [0.15, 0.2) is 54.7 Å². The van der Waals surface area contributed by atoms with Crippen LogP contribution < -0.4 is 14.4 Å². The van der Waals surface area contributed by atoms with Crippen LogP contribution in [0.1, 0.15) is 11.1 Å². The zero-order chi connectivity index (χ0) is 19.2. The van der Waals surface area contributed by atoms with Crippen LogP contribution >= 0.6 is 34.2 Å². The van der Waals surface area contributed by atoms with Crippen molar-refractivity contribution in [3.8, 4) is 11.5 Å². The van der Waals surface area contributed by atoms with Gasteiger partial charge in [0.1, 0.15) is 21.0 Å². The number of hydrogen-bond donors (Lipinski definition) is 0. The Labute approximate surface area is 177 Å². The van der Waals surface area contributed by atoms with Crippen molar-refractivity contribution in [2.75, 3.05) is 19.1 Å². The molecule has 0 atom stereocenters. The van der Waals surface area contributed by atoms with Crippen LogP contribution in [0.2, 0.25) is 5.15 Å². The second-order valence-electron chi connectivity index (χ2n) is 5.86. The van der Waals surface area contributed by atoms with Crippen molar-refractivity contribution in [2.45, 2.75) is 13.1 Å². The van der Waals surface area contributed by atoms with Gasteiger partial charge < -0.3 is 14.4 Å². The van der Waals surface area contributed by atoms with Crippen molar-refractivity contribution in [3.63, 3.8) is 0 Å². The molecule has 0 spiro atoms. The molecule has 1 aromatic heterocycles. The molecular weight excluding hydrogens is 477 g/mol. The first kappa shape index (κ1) is 19.7. The molecule has 0 bridgehead atoms. The molecule has 5 nitrogen and oxygen atoms in total. The fourth-order valence-corrected chi connectivity index (χ4v) is 3.01. The molecule has 0 fully saturated rings. The van der Waals surface area contributed by atoms with E-state index in [1.807, 2.05) is 48.5 Å². The van der Waals surface area contributed by atoms with Crippen LogP contribution in [0.3, 0.4) is 0 Å². The Kier molecular flexibility index (Phi) is 6.73. The maximum absolute atomic E-state index is 6.20. The van der Waals surface area contributed by atoms with Gasteiger partial charge in [0.15, 0.2) is 5.15 Å². The highest BCUT2D eigenvalue weighted by molar-refractivity contribution is 14.1. The van der Waals surface area contributed by atoms with Crippen molar-refractivity contribution < 1.29 is 9.47 Å². The number of rotatable bonds is 7. The predicted octanol–water partition coefficient (Wildman–Crippen LogP) is 4.96. The molecule has 1 heterocycles. The van der Waals surface area contributed by atoms with Crippen LogP contribution in [-0.2, 0) is 13.1 Å². The third-order valence-electron chi connectivity index (χ3n) is 4.07. The summed E-state index contributed by atoms with van der Waals surface area (Å²) in [6, 6.07) is 16.0. The van der Waals surface area contributed by atoms with Gasteiger partial charge in [0.25, 0.3) is 0 Å². The van der Waals surface area contributed by atoms with Gasteiger partial charge >= 0.3 is 0 Å². The summed E-state index contributed by atoms with van der Waals surface area (Å²) in [5, 5.41) is 0.405. The van der Waals surface area contributed by atoms with Crippen molar-refractivity contribution in [2.24, 2.45) is 0 Å². The van der Waals surface area contributed by atoms with E-state index in [0.29, 0.717) is 21.9 Å². The molecule has 0 amide bonds. The van der Waals surface area contributed by atoms with Crippen molar-refractivity contribution >= 4 is 40.0 Å². The number of methoxy groups -OCH3 is 2. The summed E-state index contributed by atoms with van der Waals surface area (Å²) in [6.07, 6.45) is 1.75. The highest BCUT2D eigenvalue weighted by atomic mass is 127. The molecule has 0 saturated carbocycles. The zero-order valence-electron chi connectivity index (χ0n) is 15.0. The number of anilines is 1. The monoisotopic (exact) mass is 495 g/mol. The molecule has 0 saturated heterocycles. The Hall–Kier alpha value is -2.06. The average molecular weight is 496 g/mol. The van der Waals surface area contributed by atoms with Gasteiger partial charge in [-0.3, -0.25) is 0 Å². The molecule has 7 heteroatoms. The Morgan fingerprint density at radius 2 is 1.37 bits per heavy atom. The lowest BCUT2D eigenvalue weighted by Gasteiger charge is -2.24. The van der Waals surface area contributed by atoms with E-state index in [4.69, 9.17) is 21.1 Å². The molecule has 0 N–H and O–H groups in total. The SMILES string of the molecule is COc1ccc(CN(Cc2ccc(OC)cc2)c2cnc(I)c(Cl)n2)cc1. The van der Waals surface area contributed by atoms with Gasteiger partial charge in [0.05, 0.1) is 20.4 Å². The quantitative estimate of drug-likeness (QED) is 0.434. The standard InChI is InChI=1S/C20H19ClIN3O2/c1-26-16-7-3-14(4-8-16)12-25(18-11-23-20(22)19(21)24-18)13-15-5-9-17(27-2)10-6-15/h3-11H,12-13H2,1-2H3. The molecule has 0 unspecified atom stereocenters. The van der Waals surface area contributed by atoms with E-state index < -0.39 is 0 Å². The van der Waals surface area contributed by atoms with E-state index in [-0.39, 0.29) is 0 Å². The van der Waals surface area contributed by atoms with Gasteiger partial charge in [0, 0.05) is 13.1 Å². The summed E-state index contributed by atoms with van der Waals surface area (Å²) in [6.45, 7) is 1.34. The second-order valence-corrected chi connectivity index (χ2v) is 7.24. The lowest BCUT2D eigenvalue weighted by atomic mass is 10.1. The number of halogens is 2. The normalized spacial score (nSPS) is 10.5. The number of nitrogens with zero attached hydrogens (tertiary/aromatic N) is 3. The first-order valence-electron chi connectivity index (χ1n) is 8.28. The molecule has 0 aliphatic rings. The third kappa shape index (κ3) is 5.23. The van der Waals surface area contributed by atoms with Crippen molar-refractivity contribution in [3.05, 3.63) is 74.7 Å². The minimum atomic E-state index is 0.405. The smallest absolute Gasteiger partial charge is 0.163 e. The van der Waals surface area contributed by atoms with Gasteiger partial charge in [-0.25, -0.2) is 9.97 Å². The van der Waals surface area contributed by atoms with Gasteiger partial charge in [-0.2, -0.15) is 0 Å². The van der Waals surface area contributed by atoms with Gasteiger partial charge in [-0.15, -0.1) is 0 Å². The maximum atomic E-state index is 6.20. The van der Waals surface area contributed by atoms with Crippen LogP contribution in [0.4, 0.5) is 5.82 Å². The maximum Gasteiger partial charge on any atom is 0.163 e. The molecule has 140 valence electrons. The third-order valence-corrected chi connectivity index (χ3v) is 5.44. The molecule has 2 aromatic carbocycles. The van der Waals surface area contributed by atoms with E-state index >= 15 is 0 Å². The Morgan fingerprint density at radius 1 is 0.889 bits per heavy atom. The lowest BCUT2D eigenvalue weighted by molar-refractivity contribution is 0.414. The van der Waals surface area contributed by atoms with Gasteiger partial charge in [-0.05, 0) is 58.0 Å². The van der Waals surface area contributed by atoms with Crippen LogP contribution in [0.25, 0.3) is 0 Å². The topological polar surface area (TPSA) is 47.5 Å². The first-order chi connectivity index (χ1) is 13.1. The molecule has 27 heavy (non-hydrogen) atoms. The van der Waals surface area contributed by atoms with Crippen LogP contribution in [0, 0.1) is 3.70 Å². The van der Waals surface area contributed by atoms with E-state index in [0.717, 1.165) is 28.4 Å². The fraction of sp³-hybridized carbons (Fsp3) is 0.200. The summed E-state index contributed by atoms with van der Waals surface area (Å²) in [5.41, 5.74) is 2.28. The number of ether oxygens (including phenoxy) is 2. The summed E-state index contributed by atoms with van der Waals surface area (Å²) in [4.78, 5) is 11.0. The predicted molar refractivity (Wildman–Crippen MR) is 116 cm³/mol. The minimum Gasteiger partial charge on any atom is -0.497 e. The van der Waals surface area contributed by atoms with E-state index in [1.165, 1.54) is 0 Å². The van der Waals surface area contributed by atoms with Crippen molar-refractivity contribution in [1.82, 2.24) is 9.97 Å². The van der Waals surface area contributed by atoms with E-state index in [1.54, 1.807) is 20.4 Å². The summed E-state index contributed by atoms with van der Waals surface area (Å²) in [7, 11) is 3.32. The molecule has 3 aromatic rings. The van der Waals surface area contributed by atoms with Crippen LogP contribution in [-0.4, -0.2) is 24.2 Å². The average Bonchev–Trinajstić information content (AvgIpc) is 2.70. The number of benzene rings is 2. The lowest BCUT2D eigenvalue weighted by Crippen LogP contribution is -2.23. The largest absolute Gasteiger partial charge is 0.497 e. The van der Waals surface area contributed by atoms with E-state index in [9.17, 15) is 0 Å².